The van der Waals surface area contributed by atoms with Gasteiger partial charge in [0.15, 0.2) is 0 Å². The van der Waals surface area contributed by atoms with Gasteiger partial charge in [0, 0.05) is 19.8 Å². The minimum Gasteiger partial charge on any atom is -0.306 e. The van der Waals surface area contributed by atoms with Crippen LogP contribution in [-0.4, -0.2) is 19.7 Å². The lowest BCUT2D eigenvalue weighted by Crippen LogP contribution is -2.04. The Labute approximate surface area is 117 Å². The Morgan fingerprint density at radius 1 is 0.850 bits per heavy atom. The highest BCUT2D eigenvalue weighted by molar-refractivity contribution is 7.72. The van der Waals surface area contributed by atoms with E-state index < -0.39 is 13.1 Å². The second-order valence-corrected chi connectivity index (χ2v) is 6.24. The van der Waals surface area contributed by atoms with Gasteiger partial charge in [-0.15, -0.1) is 0 Å². The molecule has 0 aliphatic carbocycles. The number of carbonyl (C=O) groups excluding carboxylic acids is 1. The van der Waals surface area contributed by atoms with Gasteiger partial charge in [0.2, 0.25) is 0 Å². The Kier molecular flexibility index (Phi) is 4.50. The monoisotopic (exact) mass is 290 g/mol. The molecule has 0 aromatic heterocycles. The van der Waals surface area contributed by atoms with Crippen LogP contribution in [0.1, 0.15) is 10.4 Å². The smallest absolute Gasteiger partial charge is 0.306 e. The third-order valence-electron chi connectivity index (χ3n) is 2.97. The molecule has 0 fully saturated rings. The third-order valence-corrected chi connectivity index (χ3v) is 4.69. The van der Waals surface area contributed by atoms with Crippen LogP contribution in [0.15, 0.2) is 54.6 Å². The van der Waals surface area contributed by atoms with Crippen LogP contribution in [0, 0.1) is 0 Å². The van der Waals surface area contributed by atoms with Crippen molar-refractivity contribution in [1.29, 1.82) is 0 Å². The molecule has 2 aromatic rings. The highest BCUT2D eigenvalue weighted by atomic mass is 31.2. The number of rotatable bonds is 5. The second kappa shape index (κ2) is 6.14. The van der Waals surface area contributed by atoms with E-state index in [2.05, 4.69) is 0 Å². The predicted octanol–water partition coefficient (Wildman–Crippen LogP) is 3.98. The van der Waals surface area contributed by atoms with Gasteiger partial charge >= 0.3 is 7.60 Å². The van der Waals surface area contributed by atoms with Gasteiger partial charge in [-0.1, -0.05) is 54.6 Å². The Balaban J connectivity index is 2.30. The first-order valence-corrected chi connectivity index (χ1v) is 7.57. The lowest BCUT2D eigenvalue weighted by atomic mass is 10.0. The quantitative estimate of drug-likeness (QED) is 0.781. The van der Waals surface area contributed by atoms with Crippen molar-refractivity contribution in [1.82, 2.24) is 0 Å². The zero-order chi connectivity index (χ0) is 14.6. The Hall–Kier alpha value is -1.74. The fourth-order valence-corrected chi connectivity index (χ4v) is 2.78. The van der Waals surface area contributed by atoms with E-state index >= 15 is 0 Å². The van der Waals surface area contributed by atoms with E-state index in [-0.39, 0.29) is 0 Å². The van der Waals surface area contributed by atoms with Gasteiger partial charge in [-0.3, -0.25) is 9.36 Å². The van der Waals surface area contributed by atoms with Crippen LogP contribution < -0.4 is 0 Å². The molecule has 2 aromatic carbocycles. The summed E-state index contributed by atoms with van der Waals surface area (Å²) in [4.78, 5) is 12.1. The number of benzene rings is 2. The summed E-state index contributed by atoms with van der Waals surface area (Å²) in [5.74, 6) is 0. The molecule has 0 radical (unpaired) electrons. The number of carbonyl (C=O) groups is 1. The molecule has 2 rings (SSSR count). The molecule has 0 aliphatic heterocycles. The normalized spacial score (nSPS) is 11.3. The molecule has 5 heteroatoms. The largest absolute Gasteiger partial charge is 0.401 e. The molecule has 0 amide bonds. The molecular weight excluding hydrogens is 275 g/mol. The molecule has 104 valence electrons. The van der Waals surface area contributed by atoms with Crippen LogP contribution >= 0.6 is 7.60 Å². The van der Waals surface area contributed by atoms with Crippen LogP contribution in [0.5, 0.6) is 0 Å². The van der Waals surface area contributed by atoms with Gasteiger partial charge in [0.25, 0.3) is 5.52 Å². The van der Waals surface area contributed by atoms with Crippen molar-refractivity contribution in [2.24, 2.45) is 0 Å². The molecule has 0 atom stereocenters. The molecule has 0 spiro atoms. The second-order valence-electron chi connectivity index (χ2n) is 4.11. The zero-order valence-electron chi connectivity index (χ0n) is 11.3. The van der Waals surface area contributed by atoms with Gasteiger partial charge in [0.05, 0.1) is 0 Å². The number of hydrogen-bond donors (Lipinski definition) is 0. The van der Waals surface area contributed by atoms with Crippen molar-refractivity contribution >= 4 is 13.1 Å². The van der Waals surface area contributed by atoms with Crippen LogP contribution in [0.3, 0.4) is 0 Å². The lowest BCUT2D eigenvalue weighted by molar-refractivity contribution is 0.102. The van der Waals surface area contributed by atoms with Gasteiger partial charge in [-0.05, 0) is 11.1 Å². The van der Waals surface area contributed by atoms with Crippen LogP contribution in [0.25, 0.3) is 11.1 Å². The summed E-state index contributed by atoms with van der Waals surface area (Å²) in [6.07, 6.45) is 0. The molecule has 0 bridgehead atoms. The fourth-order valence-electron chi connectivity index (χ4n) is 1.83. The van der Waals surface area contributed by atoms with Crippen LogP contribution in [-0.2, 0) is 13.6 Å². The van der Waals surface area contributed by atoms with Crippen LogP contribution in [0.4, 0.5) is 0 Å². The first-order chi connectivity index (χ1) is 9.60. The van der Waals surface area contributed by atoms with Gasteiger partial charge < -0.3 is 9.05 Å². The third kappa shape index (κ3) is 2.88. The summed E-state index contributed by atoms with van der Waals surface area (Å²) in [6, 6.07) is 16.6. The summed E-state index contributed by atoms with van der Waals surface area (Å²) in [5, 5.41) is 0. The number of hydrogen-bond acceptors (Lipinski definition) is 4. The van der Waals surface area contributed by atoms with Gasteiger partial charge in [0.1, 0.15) is 0 Å². The summed E-state index contributed by atoms with van der Waals surface area (Å²) in [5.41, 5.74) is 1.69. The van der Waals surface area contributed by atoms with Crippen molar-refractivity contribution in [2.45, 2.75) is 0 Å². The fraction of sp³-hybridized carbons (Fsp3) is 0.133. The van der Waals surface area contributed by atoms with E-state index in [1.165, 1.54) is 14.2 Å². The Morgan fingerprint density at radius 2 is 1.35 bits per heavy atom. The summed E-state index contributed by atoms with van der Waals surface area (Å²) in [6.45, 7) is 0. The molecule has 0 N–H and O–H groups in total. The summed E-state index contributed by atoms with van der Waals surface area (Å²) >= 11 is 0. The van der Waals surface area contributed by atoms with E-state index in [4.69, 9.17) is 9.05 Å². The molecular formula is C15H15O4P. The first kappa shape index (κ1) is 14.7. The minimum atomic E-state index is -3.72. The van der Waals surface area contributed by atoms with Crippen LogP contribution in [0.2, 0.25) is 0 Å². The summed E-state index contributed by atoms with van der Waals surface area (Å²) < 4.78 is 21.4. The average molecular weight is 290 g/mol. The molecule has 0 heterocycles. The molecule has 20 heavy (non-hydrogen) atoms. The molecule has 0 unspecified atom stereocenters. The molecule has 0 saturated heterocycles. The maximum Gasteiger partial charge on any atom is 0.401 e. The van der Waals surface area contributed by atoms with Gasteiger partial charge in [-0.2, -0.15) is 0 Å². The standard InChI is InChI=1S/C15H15O4P/c1-18-20(17,19-2)15(16)14-10-8-13(9-11-14)12-6-4-3-5-7-12/h3-11H,1-2H3. The van der Waals surface area contributed by atoms with Crippen molar-refractivity contribution in [3.05, 3.63) is 60.2 Å². The SMILES string of the molecule is COP(=O)(OC)C(=O)c1ccc(-c2ccccc2)cc1. The molecule has 0 aliphatic rings. The van der Waals surface area contributed by atoms with Crippen molar-refractivity contribution < 1.29 is 18.4 Å². The molecule has 0 saturated carbocycles. The van der Waals surface area contributed by atoms with Gasteiger partial charge in [-0.25, -0.2) is 0 Å². The highest BCUT2D eigenvalue weighted by Gasteiger charge is 2.33. The predicted molar refractivity (Wildman–Crippen MR) is 77.8 cm³/mol. The van der Waals surface area contributed by atoms with Crippen molar-refractivity contribution in [2.75, 3.05) is 14.2 Å². The molecule has 4 nitrogen and oxygen atoms in total. The Morgan fingerprint density at radius 3 is 1.85 bits per heavy atom. The lowest BCUT2D eigenvalue weighted by Gasteiger charge is -2.12. The van der Waals surface area contributed by atoms with Crippen molar-refractivity contribution in [3.8, 4) is 11.1 Å². The summed E-state index contributed by atoms with van der Waals surface area (Å²) in [7, 11) is -1.33. The minimum absolute atomic E-state index is 0.303. The topological polar surface area (TPSA) is 52.6 Å². The highest BCUT2D eigenvalue weighted by Crippen LogP contribution is 2.49. The van der Waals surface area contributed by atoms with E-state index in [0.717, 1.165) is 11.1 Å². The van der Waals surface area contributed by atoms with E-state index in [1.54, 1.807) is 24.3 Å². The zero-order valence-corrected chi connectivity index (χ0v) is 12.2. The van der Waals surface area contributed by atoms with Crippen molar-refractivity contribution in [3.63, 3.8) is 0 Å². The first-order valence-electron chi connectivity index (χ1n) is 6.02. The Bertz CT molecular complexity index is 627. The van der Waals surface area contributed by atoms with E-state index in [9.17, 15) is 9.36 Å². The maximum atomic E-state index is 12.1. The van der Waals surface area contributed by atoms with E-state index in [1.807, 2.05) is 30.3 Å². The maximum absolute atomic E-state index is 12.1. The van der Waals surface area contributed by atoms with E-state index in [0.29, 0.717) is 5.56 Å². The average Bonchev–Trinajstić information content (AvgIpc) is 2.54.